The van der Waals surface area contributed by atoms with Gasteiger partial charge in [0.2, 0.25) is 0 Å². The molecule has 0 spiro atoms. The molecule has 1 aliphatic carbocycles. The number of aromatic nitrogens is 2. The molecule has 1 fully saturated rings. The fourth-order valence-corrected chi connectivity index (χ4v) is 3.42. The van der Waals surface area contributed by atoms with Crippen molar-refractivity contribution in [3.63, 3.8) is 0 Å². The second-order valence-electron chi connectivity index (χ2n) is 6.20. The first-order chi connectivity index (χ1) is 9.56. The Morgan fingerprint density at radius 1 is 1.40 bits per heavy atom. The van der Waals surface area contributed by atoms with Crippen LogP contribution in [0.2, 0.25) is 0 Å². The molecule has 2 aromatic heterocycles. The van der Waals surface area contributed by atoms with Gasteiger partial charge < -0.3 is 9.88 Å². The summed E-state index contributed by atoms with van der Waals surface area (Å²) in [5.41, 5.74) is 5.14. The van der Waals surface area contributed by atoms with E-state index in [9.17, 15) is 0 Å². The molecule has 0 atom stereocenters. The van der Waals surface area contributed by atoms with Gasteiger partial charge in [0.05, 0.1) is 5.69 Å². The highest BCUT2D eigenvalue weighted by atomic mass is 32.1. The van der Waals surface area contributed by atoms with Gasteiger partial charge in [-0.2, -0.15) is 0 Å². The molecule has 3 rings (SSSR count). The van der Waals surface area contributed by atoms with E-state index < -0.39 is 0 Å². The van der Waals surface area contributed by atoms with Crippen LogP contribution in [-0.4, -0.2) is 16.1 Å². The van der Waals surface area contributed by atoms with Gasteiger partial charge in [-0.25, -0.2) is 4.98 Å². The fraction of sp³-hybridized carbons (Fsp3) is 0.562. The van der Waals surface area contributed by atoms with Crippen LogP contribution in [0, 0.1) is 19.8 Å². The monoisotopic (exact) mass is 289 g/mol. The molecule has 0 unspecified atom stereocenters. The summed E-state index contributed by atoms with van der Waals surface area (Å²) < 4.78 is 2.48. The first kappa shape index (κ1) is 13.7. The van der Waals surface area contributed by atoms with Crippen molar-refractivity contribution >= 4 is 16.5 Å². The topological polar surface area (TPSA) is 29.9 Å². The number of hydrogen-bond donors (Lipinski definition) is 1. The van der Waals surface area contributed by atoms with E-state index in [0.29, 0.717) is 5.92 Å². The Morgan fingerprint density at radius 3 is 2.80 bits per heavy atom. The van der Waals surface area contributed by atoms with Crippen LogP contribution < -0.4 is 5.32 Å². The average molecular weight is 289 g/mol. The third kappa shape index (κ3) is 2.62. The summed E-state index contributed by atoms with van der Waals surface area (Å²) in [6.45, 7) is 9.84. The maximum absolute atomic E-state index is 4.74. The molecule has 108 valence electrons. The number of anilines is 1. The number of nitrogens with one attached hydrogen (secondary N) is 1. The Bertz CT molecular complexity index is 605. The Balaban J connectivity index is 1.84. The van der Waals surface area contributed by atoms with Crippen LogP contribution >= 0.6 is 11.3 Å². The van der Waals surface area contributed by atoms with Crippen LogP contribution in [0.25, 0.3) is 11.3 Å². The molecule has 0 aliphatic heterocycles. The lowest BCUT2D eigenvalue weighted by Crippen LogP contribution is -2.07. The number of hydrogen-bond acceptors (Lipinski definition) is 3. The summed E-state index contributed by atoms with van der Waals surface area (Å²) in [5.74, 6) is 0.641. The minimum absolute atomic E-state index is 0.641. The molecular formula is C16H23N3S. The molecule has 0 saturated heterocycles. The van der Waals surface area contributed by atoms with Crippen LogP contribution in [-0.2, 0) is 0 Å². The summed E-state index contributed by atoms with van der Waals surface area (Å²) in [7, 11) is 0. The molecular weight excluding hydrogens is 266 g/mol. The highest BCUT2D eigenvalue weighted by Crippen LogP contribution is 2.40. The standard InChI is InChI=1S/C16H23N3S/c1-10(2)8-17-16-18-15(9-20-16)14-7-11(3)19(12(14)4)13-5-6-13/h7,9-10,13H,5-6,8H2,1-4H3,(H,17,18). The lowest BCUT2D eigenvalue weighted by atomic mass is 10.2. The van der Waals surface area contributed by atoms with Crippen molar-refractivity contribution in [2.45, 2.75) is 46.6 Å². The zero-order chi connectivity index (χ0) is 14.3. The average Bonchev–Trinajstić information content (AvgIpc) is 3.02. The van der Waals surface area contributed by atoms with Crippen LogP contribution in [0.4, 0.5) is 5.13 Å². The van der Waals surface area contributed by atoms with Crippen molar-refractivity contribution in [2.24, 2.45) is 5.92 Å². The van der Waals surface area contributed by atoms with Gasteiger partial charge in [0.15, 0.2) is 5.13 Å². The summed E-state index contributed by atoms with van der Waals surface area (Å²) >= 11 is 1.70. The van der Waals surface area contributed by atoms with Crippen molar-refractivity contribution in [2.75, 3.05) is 11.9 Å². The van der Waals surface area contributed by atoms with E-state index in [-0.39, 0.29) is 0 Å². The highest BCUT2D eigenvalue weighted by Gasteiger charge is 2.27. The van der Waals surface area contributed by atoms with Crippen LogP contribution in [0.5, 0.6) is 0 Å². The number of thiazole rings is 1. The highest BCUT2D eigenvalue weighted by molar-refractivity contribution is 7.14. The van der Waals surface area contributed by atoms with E-state index in [1.807, 2.05) is 0 Å². The molecule has 20 heavy (non-hydrogen) atoms. The number of nitrogens with zero attached hydrogens (tertiary/aromatic N) is 2. The molecule has 0 amide bonds. The normalized spacial score (nSPS) is 15.1. The van der Waals surface area contributed by atoms with Gasteiger partial charge in [0, 0.05) is 34.9 Å². The Hall–Kier alpha value is -1.29. The fourth-order valence-electron chi connectivity index (χ4n) is 2.70. The quantitative estimate of drug-likeness (QED) is 0.869. The lowest BCUT2D eigenvalue weighted by molar-refractivity contribution is 0.688. The maximum atomic E-state index is 4.74. The minimum atomic E-state index is 0.641. The van der Waals surface area contributed by atoms with Gasteiger partial charge in [-0.15, -0.1) is 11.3 Å². The minimum Gasteiger partial charge on any atom is -0.361 e. The van der Waals surface area contributed by atoms with Crippen molar-refractivity contribution in [3.8, 4) is 11.3 Å². The molecule has 1 saturated carbocycles. The second kappa shape index (κ2) is 5.24. The van der Waals surface area contributed by atoms with Crippen molar-refractivity contribution in [1.29, 1.82) is 0 Å². The SMILES string of the molecule is Cc1cc(-c2csc(NCC(C)C)n2)c(C)n1C1CC1. The third-order valence-electron chi connectivity index (χ3n) is 3.84. The molecule has 0 aromatic carbocycles. The summed E-state index contributed by atoms with van der Waals surface area (Å²) in [5, 5.41) is 6.61. The summed E-state index contributed by atoms with van der Waals surface area (Å²) in [6, 6.07) is 3.02. The van der Waals surface area contributed by atoms with E-state index in [1.165, 1.54) is 29.8 Å². The number of aryl methyl sites for hydroxylation is 1. The first-order valence-corrected chi connectivity index (χ1v) is 8.32. The zero-order valence-corrected chi connectivity index (χ0v) is 13.5. The Labute approximate surface area is 125 Å². The van der Waals surface area contributed by atoms with E-state index in [1.54, 1.807) is 11.3 Å². The van der Waals surface area contributed by atoms with Crippen LogP contribution in [0.3, 0.4) is 0 Å². The maximum Gasteiger partial charge on any atom is 0.183 e. The molecule has 0 radical (unpaired) electrons. The van der Waals surface area contributed by atoms with E-state index in [2.05, 4.69) is 49.0 Å². The predicted molar refractivity (Wildman–Crippen MR) is 86.6 cm³/mol. The third-order valence-corrected chi connectivity index (χ3v) is 4.64. The van der Waals surface area contributed by atoms with E-state index >= 15 is 0 Å². The van der Waals surface area contributed by atoms with Crippen molar-refractivity contribution < 1.29 is 0 Å². The molecule has 3 nitrogen and oxygen atoms in total. The van der Waals surface area contributed by atoms with E-state index in [0.717, 1.165) is 23.4 Å². The van der Waals surface area contributed by atoms with Gasteiger partial charge in [-0.05, 0) is 38.7 Å². The van der Waals surface area contributed by atoms with Gasteiger partial charge in [-0.3, -0.25) is 0 Å². The second-order valence-corrected chi connectivity index (χ2v) is 7.06. The van der Waals surface area contributed by atoms with Gasteiger partial charge in [0.1, 0.15) is 0 Å². The zero-order valence-electron chi connectivity index (χ0n) is 12.7. The van der Waals surface area contributed by atoms with Gasteiger partial charge in [0.25, 0.3) is 0 Å². The summed E-state index contributed by atoms with van der Waals surface area (Å²) in [4.78, 5) is 4.74. The van der Waals surface area contributed by atoms with E-state index in [4.69, 9.17) is 4.98 Å². The summed E-state index contributed by atoms with van der Waals surface area (Å²) in [6.07, 6.45) is 2.65. The molecule has 2 aromatic rings. The smallest absolute Gasteiger partial charge is 0.183 e. The molecule has 0 bridgehead atoms. The van der Waals surface area contributed by atoms with Crippen LogP contribution in [0.1, 0.15) is 44.1 Å². The van der Waals surface area contributed by atoms with Crippen LogP contribution in [0.15, 0.2) is 11.4 Å². The molecule has 4 heteroatoms. The Morgan fingerprint density at radius 2 is 2.15 bits per heavy atom. The largest absolute Gasteiger partial charge is 0.361 e. The van der Waals surface area contributed by atoms with Crippen molar-refractivity contribution in [3.05, 3.63) is 22.8 Å². The van der Waals surface area contributed by atoms with Gasteiger partial charge in [-0.1, -0.05) is 13.8 Å². The first-order valence-electron chi connectivity index (χ1n) is 7.44. The molecule has 1 N–H and O–H groups in total. The Kier molecular flexibility index (Phi) is 3.59. The molecule has 2 heterocycles. The number of rotatable bonds is 5. The predicted octanol–water partition coefficient (Wildman–Crippen LogP) is 4.63. The molecule has 1 aliphatic rings. The van der Waals surface area contributed by atoms with Gasteiger partial charge >= 0.3 is 0 Å². The van der Waals surface area contributed by atoms with Crippen molar-refractivity contribution in [1.82, 2.24) is 9.55 Å². The lowest BCUT2D eigenvalue weighted by Gasteiger charge is -2.07.